The van der Waals surface area contributed by atoms with Crippen molar-refractivity contribution in [2.24, 2.45) is 11.3 Å². The van der Waals surface area contributed by atoms with E-state index in [4.69, 9.17) is 9.47 Å². The van der Waals surface area contributed by atoms with Crippen molar-refractivity contribution in [3.63, 3.8) is 0 Å². The fourth-order valence-electron chi connectivity index (χ4n) is 2.85. The molecule has 0 aromatic rings. The number of hydrogen-bond acceptors (Lipinski definition) is 4. The molecule has 0 aliphatic heterocycles. The average Bonchev–Trinajstić information content (AvgIpc) is 2.46. The summed E-state index contributed by atoms with van der Waals surface area (Å²) in [5.74, 6) is -0.160. The van der Waals surface area contributed by atoms with Crippen LogP contribution in [0.25, 0.3) is 0 Å². The number of rotatable bonds is 10. The molecular weight excluding hydrogens is 268 g/mol. The molecule has 0 aromatic carbocycles. The van der Waals surface area contributed by atoms with Gasteiger partial charge in [0.25, 0.3) is 0 Å². The molecule has 0 radical (unpaired) electrons. The van der Waals surface area contributed by atoms with E-state index in [1.165, 1.54) is 19.3 Å². The molecule has 4 nitrogen and oxygen atoms in total. The van der Waals surface area contributed by atoms with Crippen LogP contribution < -0.4 is 0 Å². The minimum absolute atomic E-state index is 0.0715. The second-order valence-corrected chi connectivity index (χ2v) is 7.07. The van der Waals surface area contributed by atoms with E-state index < -0.39 is 6.29 Å². The number of aliphatic hydroxyl groups is 2. The predicted molar refractivity (Wildman–Crippen MR) is 83.8 cm³/mol. The Kier molecular flexibility index (Phi) is 8.79. The van der Waals surface area contributed by atoms with Gasteiger partial charge in [0, 0.05) is 12.5 Å². The molecule has 0 heterocycles. The Labute approximate surface area is 129 Å². The highest BCUT2D eigenvalue weighted by atomic mass is 16.7. The maximum Gasteiger partial charge on any atom is 0.156 e. The van der Waals surface area contributed by atoms with Crippen LogP contribution >= 0.6 is 0 Å². The Balaban J connectivity index is 2.05. The summed E-state index contributed by atoms with van der Waals surface area (Å²) in [5.41, 5.74) is 0.434. The second kappa shape index (κ2) is 9.78. The molecule has 0 saturated heterocycles. The van der Waals surface area contributed by atoms with Gasteiger partial charge in [-0.2, -0.15) is 0 Å². The van der Waals surface area contributed by atoms with Crippen LogP contribution in [0.3, 0.4) is 0 Å². The molecule has 1 rings (SSSR count). The third kappa shape index (κ3) is 7.59. The lowest BCUT2D eigenvalue weighted by Gasteiger charge is -2.32. The zero-order valence-electron chi connectivity index (χ0n) is 14.0. The largest absolute Gasteiger partial charge is 0.368 e. The van der Waals surface area contributed by atoms with Gasteiger partial charge < -0.3 is 19.7 Å². The zero-order valence-corrected chi connectivity index (χ0v) is 14.0. The molecule has 4 heteroatoms. The number of unbranched alkanes of at least 4 members (excludes halogenated alkanes) is 1. The molecule has 126 valence electrons. The van der Waals surface area contributed by atoms with Gasteiger partial charge in [0.2, 0.25) is 0 Å². The predicted octanol–water partition coefficient (Wildman–Crippen LogP) is 3.45. The lowest BCUT2D eigenvalue weighted by Crippen LogP contribution is -2.36. The van der Waals surface area contributed by atoms with Gasteiger partial charge in [-0.15, -0.1) is 0 Å². The molecule has 0 spiro atoms. The van der Waals surface area contributed by atoms with Crippen LogP contribution in [0.1, 0.15) is 72.1 Å². The highest BCUT2D eigenvalue weighted by molar-refractivity contribution is 4.77. The first kappa shape index (κ1) is 18.9. The average molecular weight is 302 g/mol. The summed E-state index contributed by atoms with van der Waals surface area (Å²) in [4.78, 5) is 0. The maximum atomic E-state index is 9.35. The number of hydrogen-bond donors (Lipinski definition) is 2. The molecule has 1 aliphatic rings. The Morgan fingerprint density at radius 2 is 1.86 bits per heavy atom. The standard InChI is InChI=1S/C17H34O4/c1-4-17(2,3)11-7-8-12-20-13-21-15-10-6-5-9-14(15)16(18)19/h14-16,18-19H,4-13H2,1-3H3. The maximum absolute atomic E-state index is 9.35. The first-order valence-corrected chi connectivity index (χ1v) is 8.52. The van der Waals surface area contributed by atoms with Gasteiger partial charge in [0.15, 0.2) is 6.29 Å². The molecule has 1 fully saturated rings. The van der Waals surface area contributed by atoms with Gasteiger partial charge in [0.1, 0.15) is 6.79 Å². The van der Waals surface area contributed by atoms with Crippen LogP contribution in [-0.2, 0) is 9.47 Å². The topological polar surface area (TPSA) is 58.9 Å². The minimum atomic E-state index is -1.27. The first-order valence-electron chi connectivity index (χ1n) is 8.52. The van der Waals surface area contributed by atoms with Crippen molar-refractivity contribution in [2.75, 3.05) is 13.4 Å². The summed E-state index contributed by atoms with van der Waals surface area (Å²) in [6.07, 6.45) is 7.22. The van der Waals surface area contributed by atoms with E-state index in [0.29, 0.717) is 5.41 Å². The highest BCUT2D eigenvalue weighted by Crippen LogP contribution is 2.29. The zero-order chi connectivity index (χ0) is 15.7. The lowest BCUT2D eigenvalue weighted by molar-refractivity contribution is -0.173. The summed E-state index contributed by atoms with van der Waals surface area (Å²) in [7, 11) is 0. The van der Waals surface area contributed by atoms with E-state index in [0.717, 1.165) is 38.7 Å². The summed E-state index contributed by atoms with van der Waals surface area (Å²) in [5, 5.41) is 18.7. The van der Waals surface area contributed by atoms with E-state index in [1.54, 1.807) is 0 Å². The Hall–Kier alpha value is -0.160. The van der Waals surface area contributed by atoms with Crippen molar-refractivity contribution in [1.29, 1.82) is 0 Å². The van der Waals surface area contributed by atoms with Crippen LogP contribution in [0, 0.1) is 11.3 Å². The quantitative estimate of drug-likeness (QED) is 0.479. The van der Waals surface area contributed by atoms with Crippen LogP contribution in [0.4, 0.5) is 0 Å². The Bertz CT molecular complexity index is 266. The molecule has 2 N–H and O–H groups in total. The van der Waals surface area contributed by atoms with E-state index in [1.807, 2.05) is 0 Å². The van der Waals surface area contributed by atoms with E-state index in [9.17, 15) is 10.2 Å². The fourth-order valence-corrected chi connectivity index (χ4v) is 2.85. The third-order valence-electron chi connectivity index (χ3n) is 4.85. The van der Waals surface area contributed by atoms with Gasteiger partial charge in [-0.3, -0.25) is 0 Å². The van der Waals surface area contributed by atoms with Crippen molar-refractivity contribution in [1.82, 2.24) is 0 Å². The normalized spacial score (nSPS) is 23.7. The van der Waals surface area contributed by atoms with Crippen LogP contribution in [-0.4, -0.2) is 36.0 Å². The van der Waals surface area contributed by atoms with Gasteiger partial charge in [-0.25, -0.2) is 0 Å². The Morgan fingerprint density at radius 1 is 1.14 bits per heavy atom. The molecule has 2 unspecified atom stereocenters. The van der Waals surface area contributed by atoms with Crippen molar-refractivity contribution in [3.05, 3.63) is 0 Å². The molecule has 0 bridgehead atoms. The summed E-state index contributed by atoms with van der Waals surface area (Å²) in [6, 6.07) is 0. The van der Waals surface area contributed by atoms with Gasteiger partial charge in [-0.1, -0.05) is 46.5 Å². The Morgan fingerprint density at radius 3 is 2.52 bits per heavy atom. The lowest BCUT2D eigenvalue weighted by atomic mass is 9.85. The van der Waals surface area contributed by atoms with Crippen molar-refractivity contribution in [3.8, 4) is 0 Å². The van der Waals surface area contributed by atoms with Gasteiger partial charge in [-0.05, 0) is 31.1 Å². The summed E-state index contributed by atoms with van der Waals surface area (Å²) < 4.78 is 11.2. The molecule has 1 aliphatic carbocycles. The minimum Gasteiger partial charge on any atom is -0.368 e. The molecule has 0 amide bonds. The third-order valence-corrected chi connectivity index (χ3v) is 4.85. The fraction of sp³-hybridized carbons (Fsp3) is 1.00. The van der Waals surface area contributed by atoms with Crippen LogP contribution in [0.5, 0.6) is 0 Å². The van der Waals surface area contributed by atoms with Crippen LogP contribution in [0.15, 0.2) is 0 Å². The molecular formula is C17H34O4. The molecule has 0 aromatic heterocycles. The number of ether oxygens (including phenoxy) is 2. The van der Waals surface area contributed by atoms with Gasteiger partial charge >= 0.3 is 0 Å². The molecule has 21 heavy (non-hydrogen) atoms. The summed E-state index contributed by atoms with van der Waals surface area (Å²) in [6.45, 7) is 7.84. The van der Waals surface area contributed by atoms with Crippen molar-refractivity contribution >= 4 is 0 Å². The molecule has 1 saturated carbocycles. The van der Waals surface area contributed by atoms with E-state index in [-0.39, 0.29) is 18.8 Å². The second-order valence-electron chi connectivity index (χ2n) is 7.07. The molecule has 2 atom stereocenters. The monoisotopic (exact) mass is 302 g/mol. The highest BCUT2D eigenvalue weighted by Gasteiger charge is 2.30. The van der Waals surface area contributed by atoms with Crippen molar-refractivity contribution < 1.29 is 19.7 Å². The smallest absolute Gasteiger partial charge is 0.156 e. The van der Waals surface area contributed by atoms with Crippen LogP contribution in [0.2, 0.25) is 0 Å². The summed E-state index contributed by atoms with van der Waals surface area (Å²) >= 11 is 0. The van der Waals surface area contributed by atoms with Gasteiger partial charge in [0.05, 0.1) is 6.10 Å². The SMILES string of the molecule is CCC(C)(C)CCCCOCOC1CCCCC1C(O)O. The first-order chi connectivity index (χ1) is 9.96. The van der Waals surface area contributed by atoms with E-state index in [2.05, 4.69) is 20.8 Å². The van der Waals surface area contributed by atoms with E-state index >= 15 is 0 Å². The van der Waals surface area contributed by atoms with Crippen molar-refractivity contribution in [2.45, 2.75) is 84.5 Å². The number of aliphatic hydroxyl groups excluding tert-OH is 1.